The smallest absolute Gasteiger partial charge is 0.243 e. The number of fused-ring (bicyclic) bond motifs is 1. The number of aryl methyl sites for hydroxylation is 1. The van der Waals surface area contributed by atoms with Crippen LogP contribution < -0.4 is 5.32 Å². The lowest BCUT2D eigenvalue weighted by Gasteiger charge is -2.31. The van der Waals surface area contributed by atoms with Crippen molar-refractivity contribution in [1.29, 1.82) is 5.26 Å². The molecule has 0 saturated carbocycles. The summed E-state index contributed by atoms with van der Waals surface area (Å²) in [4.78, 5) is 13.0. The van der Waals surface area contributed by atoms with E-state index in [4.69, 9.17) is 9.68 Å². The van der Waals surface area contributed by atoms with Crippen molar-refractivity contribution < 1.29 is 17.6 Å². The molecule has 1 fully saturated rings. The van der Waals surface area contributed by atoms with Gasteiger partial charge < -0.3 is 9.73 Å². The summed E-state index contributed by atoms with van der Waals surface area (Å²) in [5.41, 5.74) is 2.22. The second-order valence-corrected chi connectivity index (χ2v) is 10.1. The van der Waals surface area contributed by atoms with Gasteiger partial charge in [-0.15, -0.1) is 0 Å². The maximum atomic E-state index is 12.9. The number of benzene rings is 2. The van der Waals surface area contributed by atoms with Gasteiger partial charge in [-0.25, -0.2) is 8.42 Å². The first kappa shape index (κ1) is 22.1. The van der Waals surface area contributed by atoms with E-state index in [0.717, 1.165) is 22.3 Å². The summed E-state index contributed by atoms with van der Waals surface area (Å²) in [7, 11) is -3.65. The number of sulfonamides is 1. The van der Waals surface area contributed by atoms with E-state index in [9.17, 15) is 13.2 Å². The minimum absolute atomic E-state index is 0.0900. The topological polar surface area (TPSA) is 103 Å². The van der Waals surface area contributed by atoms with E-state index in [1.54, 1.807) is 0 Å². The molecule has 1 N–H and O–H groups in total. The molecule has 1 aliphatic heterocycles. The van der Waals surface area contributed by atoms with Crippen LogP contribution in [0, 0.1) is 24.2 Å². The number of carbonyl (C=O) groups excluding carboxylic acids is 1. The standard InChI is InChI=1S/C24H25N3O4S/c1-16-21-5-3-4-6-22(21)31-23(16)17(2)26-24(28)19-11-13-27(14-12-19)32(29,30)20-9-7-18(15-25)8-10-20/h3-10,17,19H,11-14H2,1-2H3,(H,26,28). The van der Waals surface area contributed by atoms with Crippen molar-refractivity contribution in [2.75, 3.05) is 13.1 Å². The molecule has 0 spiro atoms. The van der Waals surface area contributed by atoms with E-state index < -0.39 is 10.0 Å². The Labute approximate surface area is 187 Å². The maximum Gasteiger partial charge on any atom is 0.243 e. The Bertz CT molecular complexity index is 1280. The van der Waals surface area contributed by atoms with Crippen molar-refractivity contribution in [3.8, 4) is 6.07 Å². The summed E-state index contributed by atoms with van der Waals surface area (Å²) >= 11 is 0. The quantitative estimate of drug-likeness (QED) is 0.634. The molecule has 1 aromatic heterocycles. The Morgan fingerprint density at radius 3 is 2.44 bits per heavy atom. The monoisotopic (exact) mass is 451 g/mol. The molecule has 32 heavy (non-hydrogen) atoms. The summed E-state index contributed by atoms with van der Waals surface area (Å²) < 4.78 is 33.1. The third kappa shape index (κ3) is 4.14. The minimum atomic E-state index is -3.65. The van der Waals surface area contributed by atoms with E-state index in [0.29, 0.717) is 18.4 Å². The summed E-state index contributed by atoms with van der Waals surface area (Å²) in [6, 6.07) is 15.4. The summed E-state index contributed by atoms with van der Waals surface area (Å²) in [5.74, 6) is 0.391. The van der Waals surface area contributed by atoms with Gasteiger partial charge in [0.2, 0.25) is 15.9 Å². The Kier molecular flexibility index (Phi) is 6.04. The molecule has 1 amide bonds. The lowest BCUT2D eigenvalue weighted by atomic mass is 9.96. The number of hydrogen-bond acceptors (Lipinski definition) is 5. The highest BCUT2D eigenvalue weighted by molar-refractivity contribution is 7.89. The number of para-hydroxylation sites is 1. The Morgan fingerprint density at radius 2 is 1.81 bits per heavy atom. The number of hydrogen-bond donors (Lipinski definition) is 1. The zero-order valence-electron chi connectivity index (χ0n) is 18.0. The van der Waals surface area contributed by atoms with Crippen LogP contribution in [0.5, 0.6) is 0 Å². The van der Waals surface area contributed by atoms with Crippen LogP contribution in [-0.2, 0) is 14.8 Å². The van der Waals surface area contributed by atoms with Crippen LogP contribution in [0.4, 0.5) is 0 Å². The van der Waals surface area contributed by atoms with Crippen molar-refractivity contribution in [2.45, 2.75) is 37.6 Å². The van der Waals surface area contributed by atoms with Crippen LogP contribution in [0.25, 0.3) is 11.0 Å². The van der Waals surface area contributed by atoms with Crippen LogP contribution in [0.2, 0.25) is 0 Å². The SMILES string of the molecule is Cc1c(C(C)NC(=O)C2CCN(S(=O)(=O)c3ccc(C#N)cc3)CC2)oc2ccccc12. The molecule has 2 aromatic carbocycles. The number of furan rings is 1. The number of amides is 1. The summed E-state index contributed by atoms with van der Waals surface area (Å²) in [6.07, 6.45) is 0.903. The molecule has 1 aliphatic rings. The molecule has 0 aliphatic carbocycles. The average molecular weight is 452 g/mol. The largest absolute Gasteiger partial charge is 0.459 e. The minimum Gasteiger partial charge on any atom is -0.459 e. The third-order valence-electron chi connectivity index (χ3n) is 6.08. The lowest BCUT2D eigenvalue weighted by molar-refractivity contribution is -0.126. The molecular formula is C24H25N3O4S. The number of nitriles is 1. The first-order valence-corrected chi connectivity index (χ1v) is 12.0. The van der Waals surface area contributed by atoms with Gasteiger partial charge in [-0.1, -0.05) is 18.2 Å². The van der Waals surface area contributed by atoms with Gasteiger partial charge in [0.25, 0.3) is 0 Å². The lowest BCUT2D eigenvalue weighted by Crippen LogP contribution is -2.43. The zero-order valence-corrected chi connectivity index (χ0v) is 18.9. The van der Waals surface area contributed by atoms with Crippen LogP contribution >= 0.6 is 0 Å². The van der Waals surface area contributed by atoms with Crippen molar-refractivity contribution in [3.05, 3.63) is 65.4 Å². The maximum absolute atomic E-state index is 12.9. The number of piperidine rings is 1. The second-order valence-electron chi connectivity index (χ2n) is 8.13. The highest BCUT2D eigenvalue weighted by Crippen LogP contribution is 2.30. The highest BCUT2D eigenvalue weighted by atomic mass is 32.2. The number of nitrogens with one attached hydrogen (secondary N) is 1. The van der Waals surface area contributed by atoms with Crippen molar-refractivity contribution in [2.24, 2.45) is 5.92 Å². The van der Waals surface area contributed by atoms with Gasteiger partial charge in [-0.05, 0) is 57.0 Å². The van der Waals surface area contributed by atoms with Gasteiger partial charge in [-0.3, -0.25) is 4.79 Å². The number of carbonyl (C=O) groups is 1. The molecule has 4 rings (SSSR count). The molecule has 2 heterocycles. The normalized spacial score (nSPS) is 16.5. The van der Waals surface area contributed by atoms with Crippen molar-refractivity contribution in [1.82, 2.24) is 9.62 Å². The fourth-order valence-corrected chi connectivity index (χ4v) is 5.68. The van der Waals surface area contributed by atoms with E-state index in [1.165, 1.54) is 28.6 Å². The first-order chi connectivity index (χ1) is 15.3. The summed E-state index contributed by atoms with van der Waals surface area (Å²) in [6.45, 7) is 4.43. The van der Waals surface area contributed by atoms with Crippen LogP contribution in [0.15, 0.2) is 57.8 Å². The molecule has 8 heteroatoms. The summed E-state index contributed by atoms with van der Waals surface area (Å²) in [5, 5.41) is 13.0. The molecule has 166 valence electrons. The van der Waals surface area contributed by atoms with Gasteiger partial charge in [0, 0.05) is 30.0 Å². The average Bonchev–Trinajstić information content (AvgIpc) is 3.16. The van der Waals surface area contributed by atoms with Gasteiger partial charge in [-0.2, -0.15) is 9.57 Å². The van der Waals surface area contributed by atoms with E-state index in [2.05, 4.69) is 5.32 Å². The Balaban J connectivity index is 1.38. The van der Waals surface area contributed by atoms with Gasteiger partial charge in [0.1, 0.15) is 11.3 Å². The predicted octanol–water partition coefficient (Wildman–Crippen LogP) is 3.89. The van der Waals surface area contributed by atoms with Gasteiger partial charge in [0.15, 0.2) is 0 Å². The van der Waals surface area contributed by atoms with E-state index in [-0.39, 0.29) is 35.9 Å². The van der Waals surface area contributed by atoms with Crippen LogP contribution in [0.3, 0.4) is 0 Å². The molecule has 0 bridgehead atoms. The fraction of sp³-hybridized carbons (Fsp3) is 0.333. The molecule has 1 saturated heterocycles. The second kappa shape index (κ2) is 8.77. The number of rotatable bonds is 5. The predicted molar refractivity (Wildman–Crippen MR) is 120 cm³/mol. The van der Waals surface area contributed by atoms with Gasteiger partial charge in [0.05, 0.1) is 22.6 Å². The molecule has 0 radical (unpaired) electrons. The first-order valence-electron chi connectivity index (χ1n) is 10.6. The van der Waals surface area contributed by atoms with Crippen molar-refractivity contribution in [3.63, 3.8) is 0 Å². The molecule has 3 aromatic rings. The fourth-order valence-electron chi connectivity index (χ4n) is 4.21. The molecule has 7 nitrogen and oxygen atoms in total. The number of nitrogens with zero attached hydrogens (tertiary/aromatic N) is 2. The van der Waals surface area contributed by atoms with E-state index >= 15 is 0 Å². The zero-order chi connectivity index (χ0) is 22.9. The van der Waals surface area contributed by atoms with Crippen molar-refractivity contribution >= 4 is 26.9 Å². The highest BCUT2D eigenvalue weighted by Gasteiger charge is 2.33. The Morgan fingerprint density at radius 1 is 1.16 bits per heavy atom. The Hall–Kier alpha value is -3.15. The molecule has 1 atom stereocenters. The van der Waals surface area contributed by atoms with Crippen LogP contribution in [0.1, 0.15) is 42.7 Å². The van der Waals surface area contributed by atoms with Gasteiger partial charge >= 0.3 is 0 Å². The van der Waals surface area contributed by atoms with E-state index in [1.807, 2.05) is 44.2 Å². The molecular weight excluding hydrogens is 426 g/mol. The molecule has 1 unspecified atom stereocenters. The van der Waals surface area contributed by atoms with Crippen LogP contribution in [-0.4, -0.2) is 31.7 Å². The third-order valence-corrected chi connectivity index (χ3v) is 7.99.